The number of ether oxygens (including phenoxy) is 1. The number of imide groups is 1. The van der Waals surface area contributed by atoms with E-state index in [1.165, 1.54) is 0 Å². The first-order valence-electron chi connectivity index (χ1n) is 9.77. The Labute approximate surface area is 179 Å². The lowest BCUT2D eigenvalue weighted by molar-refractivity contribution is -0.132. The number of carbonyl (C=O) groups excluding carboxylic acids is 3. The first-order valence-corrected chi connectivity index (χ1v) is 9.77. The molecule has 1 aliphatic heterocycles. The van der Waals surface area contributed by atoms with Crippen molar-refractivity contribution in [3.05, 3.63) is 102 Å². The van der Waals surface area contributed by atoms with E-state index in [4.69, 9.17) is 4.74 Å². The van der Waals surface area contributed by atoms with Crippen molar-refractivity contribution in [3.8, 4) is 5.75 Å². The molecule has 0 aromatic heterocycles. The second-order valence-electron chi connectivity index (χ2n) is 7.30. The molecule has 31 heavy (non-hydrogen) atoms. The molecule has 1 saturated heterocycles. The minimum Gasteiger partial charge on any atom is -0.489 e. The van der Waals surface area contributed by atoms with Gasteiger partial charge in [0.05, 0.1) is 0 Å². The Morgan fingerprint density at radius 1 is 0.968 bits per heavy atom. The summed E-state index contributed by atoms with van der Waals surface area (Å²) in [6.45, 7) is 1.96. The van der Waals surface area contributed by atoms with Crippen LogP contribution >= 0.6 is 0 Å². The van der Waals surface area contributed by atoms with Crippen LogP contribution in [0, 0.1) is 0 Å². The van der Waals surface area contributed by atoms with Crippen LogP contribution < -0.4 is 15.5 Å². The molecule has 0 bridgehead atoms. The van der Waals surface area contributed by atoms with Crippen molar-refractivity contribution in [1.82, 2.24) is 15.8 Å². The molecular formula is C24H21N3O4. The molecule has 1 heterocycles. The van der Waals surface area contributed by atoms with Gasteiger partial charge in [-0.1, -0.05) is 66.7 Å². The summed E-state index contributed by atoms with van der Waals surface area (Å²) in [7, 11) is 0. The van der Waals surface area contributed by atoms with Crippen molar-refractivity contribution in [2.75, 3.05) is 0 Å². The highest BCUT2D eigenvalue weighted by Crippen LogP contribution is 2.27. The maximum Gasteiger partial charge on any atom is 0.344 e. The van der Waals surface area contributed by atoms with Crippen molar-refractivity contribution in [2.24, 2.45) is 0 Å². The molecule has 0 unspecified atom stereocenters. The summed E-state index contributed by atoms with van der Waals surface area (Å²) in [6.07, 6.45) is 0. The molecule has 4 rings (SSSR count). The summed E-state index contributed by atoms with van der Waals surface area (Å²) in [6, 6.07) is 24.4. The van der Waals surface area contributed by atoms with Crippen molar-refractivity contribution in [1.29, 1.82) is 0 Å². The Bertz CT molecular complexity index is 1120. The van der Waals surface area contributed by atoms with Gasteiger partial charge in [0.1, 0.15) is 17.9 Å². The molecule has 156 valence electrons. The normalized spacial score (nSPS) is 17.9. The van der Waals surface area contributed by atoms with E-state index in [0.29, 0.717) is 22.9 Å². The SMILES string of the molecule is C[C@]1(c2ccccc2)NC(=O)N(NC(=O)c2cccc(OCc3ccccc3)c2)C1=O. The number of nitrogens with zero attached hydrogens (tertiary/aromatic N) is 1. The zero-order valence-corrected chi connectivity index (χ0v) is 16.9. The number of amides is 4. The van der Waals surface area contributed by atoms with Crippen molar-refractivity contribution >= 4 is 17.8 Å². The smallest absolute Gasteiger partial charge is 0.344 e. The van der Waals surface area contributed by atoms with Gasteiger partial charge in [-0.05, 0) is 36.2 Å². The molecule has 1 atom stereocenters. The van der Waals surface area contributed by atoms with E-state index in [1.54, 1.807) is 55.5 Å². The summed E-state index contributed by atoms with van der Waals surface area (Å²) in [5, 5.41) is 3.37. The number of benzene rings is 3. The standard InChI is InChI=1S/C24H21N3O4/c1-24(19-12-6-3-7-13-19)22(29)27(23(30)25-24)26-21(28)18-11-8-14-20(15-18)31-16-17-9-4-2-5-10-17/h2-15H,16H2,1H3,(H,25,30)(H,26,28)/t24-/m1/s1. The fraction of sp³-hybridized carbons (Fsp3) is 0.125. The molecule has 4 amide bonds. The van der Waals surface area contributed by atoms with Crippen LogP contribution in [0.2, 0.25) is 0 Å². The number of hydrogen-bond acceptors (Lipinski definition) is 4. The Hall–Kier alpha value is -4.13. The average Bonchev–Trinajstić information content (AvgIpc) is 3.03. The minimum absolute atomic E-state index is 0.263. The van der Waals surface area contributed by atoms with E-state index in [1.807, 2.05) is 36.4 Å². The maximum absolute atomic E-state index is 12.9. The highest BCUT2D eigenvalue weighted by atomic mass is 16.5. The summed E-state index contributed by atoms with van der Waals surface area (Å²) >= 11 is 0. The third kappa shape index (κ3) is 4.11. The molecule has 7 nitrogen and oxygen atoms in total. The van der Waals surface area contributed by atoms with Crippen molar-refractivity contribution in [2.45, 2.75) is 19.1 Å². The summed E-state index contributed by atoms with van der Waals surface area (Å²) in [5.41, 5.74) is 3.03. The Morgan fingerprint density at radius 2 is 1.65 bits per heavy atom. The van der Waals surface area contributed by atoms with Crippen LogP contribution in [0.3, 0.4) is 0 Å². The summed E-state index contributed by atoms with van der Waals surface area (Å²) in [5.74, 6) is -0.651. The highest BCUT2D eigenvalue weighted by molar-refractivity contribution is 6.09. The predicted octanol–water partition coefficient (Wildman–Crippen LogP) is 3.38. The molecule has 0 saturated carbocycles. The first kappa shape index (κ1) is 20.2. The summed E-state index contributed by atoms with van der Waals surface area (Å²) < 4.78 is 5.75. The van der Waals surface area contributed by atoms with Gasteiger partial charge >= 0.3 is 6.03 Å². The minimum atomic E-state index is -1.26. The van der Waals surface area contributed by atoms with E-state index >= 15 is 0 Å². The highest BCUT2D eigenvalue weighted by Gasteiger charge is 2.50. The van der Waals surface area contributed by atoms with Gasteiger partial charge in [0.2, 0.25) is 0 Å². The van der Waals surface area contributed by atoms with Gasteiger partial charge in [-0.25, -0.2) is 4.79 Å². The molecule has 1 aliphatic rings. The lowest BCUT2D eigenvalue weighted by Crippen LogP contribution is -2.47. The molecule has 7 heteroatoms. The van der Waals surface area contributed by atoms with Gasteiger partial charge in [-0.2, -0.15) is 5.01 Å². The molecule has 2 N–H and O–H groups in total. The molecule has 0 spiro atoms. The number of carbonyl (C=O) groups is 3. The van der Waals surface area contributed by atoms with E-state index in [-0.39, 0.29) is 5.56 Å². The maximum atomic E-state index is 12.9. The van der Waals surface area contributed by atoms with E-state index in [2.05, 4.69) is 10.7 Å². The van der Waals surface area contributed by atoms with E-state index in [9.17, 15) is 14.4 Å². The van der Waals surface area contributed by atoms with Crippen molar-refractivity contribution in [3.63, 3.8) is 0 Å². The van der Waals surface area contributed by atoms with Crippen LogP contribution in [0.4, 0.5) is 4.79 Å². The fourth-order valence-electron chi connectivity index (χ4n) is 3.34. The van der Waals surface area contributed by atoms with Crippen LogP contribution in [0.1, 0.15) is 28.4 Å². The largest absolute Gasteiger partial charge is 0.489 e. The van der Waals surface area contributed by atoms with Gasteiger partial charge in [0.15, 0.2) is 0 Å². The molecule has 3 aromatic carbocycles. The van der Waals surface area contributed by atoms with E-state index in [0.717, 1.165) is 5.56 Å². The van der Waals surface area contributed by atoms with Gasteiger partial charge in [-0.15, -0.1) is 0 Å². The number of hydrazine groups is 1. The quantitative estimate of drug-likeness (QED) is 0.604. The van der Waals surface area contributed by atoms with Gasteiger partial charge in [0, 0.05) is 5.56 Å². The number of nitrogens with one attached hydrogen (secondary N) is 2. The lowest BCUT2D eigenvalue weighted by atomic mass is 9.92. The topological polar surface area (TPSA) is 87.7 Å². The van der Waals surface area contributed by atoms with Gasteiger partial charge in [0.25, 0.3) is 11.8 Å². The van der Waals surface area contributed by atoms with Crippen LogP contribution in [0.15, 0.2) is 84.9 Å². The van der Waals surface area contributed by atoms with E-state index < -0.39 is 23.4 Å². The monoisotopic (exact) mass is 415 g/mol. The first-order chi connectivity index (χ1) is 15.0. The molecule has 3 aromatic rings. The summed E-state index contributed by atoms with van der Waals surface area (Å²) in [4.78, 5) is 38.1. The predicted molar refractivity (Wildman–Crippen MR) is 114 cm³/mol. The second kappa shape index (κ2) is 8.31. The van der Waals surface area contributed by atoms with Crippen LogP contribution in [0.25, 0.3) is 0 Å². The molecule has 0 aliphatic carbocycles. The zero-order valence-electron chi connectivity index (χ0n) is 16.9. The Balaban J connectivity index is 1.46. The third-order valence-electron chi connectivity index (χ3n) is 5.10. The van der Waals surface area contributed by atoms with Crippen LogP contribution in [-0.2, 0) is 16.9 Å². The number of rotatable bonds is 6. The Morgan fingerprint density at radius 3 is 2.35 bits per heavy atom. The molecule has 1 fully saturated rings. The third-order valence-corrected chi connectivity index (χ3v) is 5.10. The van der Waals surface area contributed by atoms with Crippen LogP contribution in [-0.4, -0.2) is 22.9 Å². The van der Waals surface area contributed by atoms with Gasteiger partial charge in [-0.3, -0.25) is 15.0 Å². The molecule has 0 radical (unpaired) electrons. The average molecular weight is 415 g/mol. The molecular weight excluding hydrogens is 394 g/mol. The second-order valence-corrected chi connectivity index (χ2v) is 7.30. The fourth-order valence-corrected chi connectivity index (χ4v) is 3.34. The number of hydrogen-bond donors (Lipinski definition) is 2. The number of urea groups is 1. The van der Waals surface area contributed by atoms with Crippen LogP contribution in [0.5, 0.6) is 5.75 Å². The Kier molecular flexibility index (Phi) is 5.41. The zero-order chi connectivity index (χ0) is 21.8. The van der Waals surface area contributed by atoms with Crippen molar-refractivity contribution < 1.29 is 19.1 Å². The van der Waals surface area contributed by atoms with Gasteiger partial charge < -0.3 is 10.1 Å². The lowest BCUT2D eigenvalue weighted by Gasteiger charge is -2.22.